The first-order chi connectivity index (χ1) is 17.9. The summed E-state index contributed by atoms with van der Waals surface area (Å²) in [7, 11) is 7.53. The molecule has 0 bridgehead atoms. The van der Waals surface area contributed by atoms with E-state index in [1.54, 1.807) is 6.92 Å². The molecule has 0 aromatic rings. The van der Waals surface area contributed by atoms with E-state index >= 15 is 0 Å². The van der Waals surface area contributed by atoms with Gasteiger partial charge in [0.05, 0.1) is 76.8 Å². The van der Waals surface area contributed by atoms with Gasteiger partial charge in [-0.15, -0.1) is 0 Å². The summed E-state index contributed by atoms with van der Waals surface area (Å²) in [5, 5.41) is 40.2. The van der Waals surface area contributed by atoms with Gasteiger partial charge >= 0.3 is 0 Å². The molecular weight excluding hydrogens is 496 g/mol. The standard InChI is InChI=1S/C27H58N2O9/c1-9-22(31)13-34-16-25(17-35-14-23(32)11-28(5)6)37-19-26(18-36-15-24(33)12-29(7)8)38-21(4)27(10-2)20(3)30/h20-27,30-33H,9-19H2,1-8H3. The van der Waals surface area contributed by atoms with Crippen LogP contribution in [-0.4, -0.2) is 160 Å². The molecule has 0 spiro atoms. The van der Waals surface area contributed by atoms with Crippen molar-refractivity contribution in [1.82, 2.24) is 9.80 Å². The van der Waals surface area contributed by atoms with Gasteiger partial charge in [0.25, 0.3) is 0 Å². The second-order valence-electron chi connectivity index (χ2n) is 10.7. The Hall–Kier alpha value is -0.440. The van der Waals surface area contributed by atoms with E-state index in [4.69, 9.17) is 23.7 Å². The fourth-order valence-electron chi connectivity index (χ4n) is 4.06. The summed E-state index contributed by atoms with van der Waals surface area (Å²) in [4.78, 5) is 3.77. The summed E-state index contributed by atoms with van der Waals surface area (Å²) in [6.45, 7) is 9.84. The predicted molar refractivity (Wildman–Crippen MR) is 147 cm³/mol. The maximum absolute atomic E-state index is 10.1. The average Bonchev–Trinajstić information content (AvgIpc) is 2.80. The summed E-state index contributed by atoms with van der Waals surface area (Å²) >= 11 is 0. The van der Waals surface area contributed by atoms with Gasteiger partial charge in [-0.3, -0.25) is 0 Å². The van der Waals surface area contributed by atoms with Crippen molar-refractivity contribution in [1.29, 1.82) is 0 Å². The van der Waals surface area contributed by atoms with Crippen molar-refractivity contribution in [2.24, 2.45) is 5.92 Å². The Balaban J connectivity index is 5.15. The minimum atomic E-state index is -0.627. The SMILES string of the molecule is CCC(O)COCC(COCC(O)CN(C)C)OCC(COCC(O)CN(C)C)OC(C)C(CC)C(C)O. The summed E-state index contributed by atoms with van der Waals surface area (Å²) in [5.41, 5.74) is 0. The zero-order valence-corrected chi connectivity index (χ0v) is 25.1. The summed E-state index contributed by atoms with van der Waals surface area (Å²) in [5.74, 6) is -0.0481. The first-order valence-electron chi connectivity index (χ1n) is 13.9. The molecule has 230 valence electrons. The Kier molecular flexibility index (Phi) is 22.0. The second kappa shape index (κ2) is 22.3. The van der Waals surface area contributed by atoms with Gasteiger partial charge in [0.2, 0.25) is 0 Å². The molecule has 0 fully saturated rings. The molecule has 0 aliphatic carbocycles. The number of aliphatic hydroxyl groups excluding tert-OH is 4. The van der Waals surface area contributed by atoms with Crippen molar-refractivity contribution in [2.45, 2.75) is 83.3 Å². The summed E-state index contributed by atoms with van der Waals surface area (Å²) in [6, 6.07) is 0. The minimum Gasteiger partial charge on any atom is -0.393 e. The highest BCUT2D eigenvalue weighted by Crippen LogP contribution is 2.19. The van der Waals surface area contributed by atoms with Crippen LogP contribution < -0.4 is 0 Å². The Labute approximate surface area is 230 Å². The molecule has 0 saturated heterocycles. The van der Waals surface area contributed by atoms with Crippen molar-refractivity contribution in [3.63, 3.8) is 0 Å². The van der Waals surface area contributed by atoms with Gasteiger partial charge in [-0.1, -0.05) is 13.8 Å². The largest absolute Gasteiger partial charge is 0.393 e. The Morgan fingerprint density at radius 2 is 1.03 bits per heavy atom. The van der Waals surface area contributed by atoms with E-state index in [9.17, 15) is 20.4 Å². The van der Waals surface area contributed by atoms with Gasteiger partial charge < -0.3 is 53.9 Å². The first-order valence-corrected chi connectivity index (χ1v) is 13.9. The summed E-state index contributed by atoms with van der Waals surface area (Å²) < 4.78 is 29.5. The highest BCUT2D eigenvalue weighted by Gasteiger charge is 2.26. The van der Waals surface area contributed by atoms with Crippen LogP contribution in [0.1, 0.15) is 40.5 Å². The van der Waals surface area contributed by atoms with Crippen LogP contribution in [0.25, 0.3) is 0 Å². The first kappa shape index (κ1) is 37.6. The normalized spacial score (nSPS) is 18.8. The van der Waals surface area contributed by atoms with Crippen molar-refractivity contribution < 1.29 is 44.1 Å². The zero-order chi connectivity index (χ0) is 29.1. The number of nitrogens with zero attached hydrogens (tertiary/aromatic N) is 2. The third-order valence-corrected chi connectivity index (χ3v) is 6.08. The number of likely N-dealkylation sites (N-methyl/N-ethyl adjacent to an activating group) is 2. The van der Waals surface area contributed by atoms with Gasteiger partial charge in [0.15, 0.2) is 0 Å². The molecule has 0 aromatic carbocycles. The molecule has 0 saturated carbocycles. The lowest BCUT2D eigenvalue weighted by Crippen LogP contribution is -2.39. The third-order valence-electron chi connectivity index (χ3n) is 6.08. The lowest BCUT2D eigenvalue weighted by atomic mass is 9.95. The molecular formula is C27H58N2O9. The van der Waals surface area contributed by atoms with Gasteiger partial charge in [-0.25, -0.2) is 0 Å². The molecule has 0 radical (unpaired) electrons. The molecule has 8 atom stereocenters. The van der Waals surface area contributed by atoms with E-state index in [0.29, 0.717) is 19.5 Å². The van der Waals surface area contributed by atoms with E-state index in [1.807, 2.05) is 58.8 Å². The molecule has 4 N–H and O–H groups in total. The third kappa shape index (κ3) is 19.6. The van der Waals surface area contributed by atoms with Crippen LogP contribution >= 0.6 is 0 Å². The highest BCUT2D eigenvalue weighted by molar-refractivity contribution is 4.73. The number of aliphatic hydroxyl groups is 4. The Morgan fingerprint density at radius 1 is 0.579 bits per heavy atom. The fraction of sp³-hybridized carbons (Fsp3) is 1.00. The van der Waals surface area contributed by atoms with Crippen molar-refractivity contribution in [2.75, 3.05) is 87.5 Å². The van der Waals surface area contributed by atoms with Crippen LogP contribution in [0.2, 0.25) is 0 Å². The van der Waals surface area contributed by atoms with E-state index in [-0.39, 0.29) is 58.3 Å². The predicted octanol–water partition coefficient (Wildman–Crippen LogP) is 0.218. The number of ether oxygens (including phenoxy) is 5. The molecule has 0 heterocycles. The molecule has 0 amide bonds. The van der Waals surface area contributed by atoms with Crippen LogP contribution in [0, 0.1) is 5.92 Å². The molecule has 0 aliphatic rings. The number of rotatable bonds is 25. The fourth-order valence-corrected chi connectivity index (χ4v) is 4.06. The van der Waals surface area contributed by atoms with E-state index in [1.165, 1.54) is 0 Å². The van der Waals surface area contributed by atoms with E-state index in [2.05, 4.69) is 0 Å². The van der Waals surface area contributed by atoms with E-state index in [0.717, 1.165) is 6.42 Å². The highest BCUT2D eigenvalue weighted by atomic mass is 16.6. The van der Waals surface area contributed by atoms with Gasteiger partial charge in [0, 0.05) is 19.0 Å². The second-order valence-corrected chi connectivity index (χ2v) is 10.7. The monoisotopic (exact) mass is 554 g/mol. The molecule has 38 heavy (non-hydrogen) atoms. The van der Waals surface area contributed by atoms with Crippen molar-refractivity contribution in [3.8, 4) is 0 Å². The van der Waals surface area contributed by atoms with Crippen LogP contribution in [0.3, 0.4) is 0 Å². The lowest BCUT2D eigenvalue weighted by molar-refractivity contribution is -0.145. The Bertz CT molecular complexity index is 543. The quantitative estimate of drug-likeness (QED) is 0.123. The van der Waals surface area contributed by atoms with Crippen LogP contribution in [0.5, 0.6) is 0 Å². The topological polar surface area (TPSA) is 134 Å². The average molecular weight is 555 g/mol. The maximum Gasteiger partial charge on any atom is 0.104 e. The molecule has 8 unspecified atom stereocenters. The lowest BCUT2D eigenvalue weighted by Gasteiger charge is -2.31. The summed E-state index contributed by atoms with van der Waals surface area (Å²) in [6.07, 6.45) is -2.12. The molecule has 11 nitrogen and oxygen atoms in total. The van der Waals surface area contributed by atoms with Crippen LogP contribution in [0.4, 0.5) is 0 Å². The molecule has 0 aliphatic heterocycles. The number of hydrogen-bond acceptors (Lipinski definition) is 11. The zero-order valence-electron chi connectivity index (χ0n) is 25.1. The molecule has 11 heteroatoms. The molecule has 0 aromatic heterocycles. The van der Waals surface area contributed by atoms with Crippen molar-refractivity contribution in [3.05, 3.63) is 0 Å². The van der Waals surface area contributed by atoms with Gasteiger partial charge in [0.1, 0.15) is 12.2 Å². The molecule has 0 rings (SSSR count). The van der Waals surface area contributed by atoms with E-state index < -0.39 is 36.6 Å². The number of hydrogen-bond donors (Lipinski definition) is 4. The maximum atomic E-state index is 10.1. The van der Waals surface area contributed by atoms with Crippen LogP contribution in [-0.2, 0) is 23.7 Å². The Morgan fingerprint density at radius 3 is 1.42 bits per heavy atom. The smallest absolute Gasteiger partial charge is 0.104 e. The van der Waals surface area contributed by atoms with Gasteiger partial charge in [-0.2, -0.15) is 0 Å². The van der Waals surface area contributed by atoms with Gasteiger partial charge in [-0.05, 0) is 54.9 Å². The van der Waals surface area contributed by atoms with Crippen LogP contribution in [0.15, 0.2) is 0 Å². The van der Waals surface area contributed by atoms with Crippen molar-refractivity contribution >= 4 is 0 Å². The minimum absolute atomic E-state index is 0.0481.